The largest absolute Gasteiger partial charge is 0.496 e. The molecule has 0 fully saturated rings. The molecule has 0 radical (unpaired) electrons. The Balaban J connectivity index is 1.76. The first-order valence-corrected chi connectivity index (χ1v) is 12.0. The number of nitrogens with zero attached hydrogens (tertiary/aromatic N) is 3. The Labute approximate surface area is 189 Å². The van der Waals surface area contributed by atoms with Gasteiger partial charge in [0.25, 0.3) is 0 Å². The van der Waals surface area contributed by atoms with Crippen molar-refractivity contribution in [3.05, 3.63) is 53.9 Å². The highest BCUT2D eigenvalue weighted by Crippen LogP contribution is 2.25. The smallest absolute Gasteiger partial charge is 0.242 e. The van der Waals surface area contributed by atoms with Crippen LogP contribution in [0.1, 0.15) is 37.7 Å². The highest BCUT2D eigenvalue weighted by molar-refractivity contribution is 7.89. The molecule has 1 N–H and O–H groups in total. The van der Waals surface area contributed by atoms with E-state index >= 15 is 0 Å². The Kier molecular flexibility index (Phi) is 7.20. The zero-order chi connectivity index (χ0) is 23.5. The quantitative estimate of drug-likeness (QED) is 0.532. The average Bonchev–Trinajstić information content (AvgIpc) is 3.14. The second kappa shape index (κ2) is 9.70. The second-order valence-corrected chi connectivity index (χ2v) is 9.89. The Morgan fingerprint density at radius 3 is 2.59 bits per heavy atom. The third-order valence-corrected chi connectivity index (χ3v) is 7.26. The van der Waals surface area contributed by atoms with Crippen LogP contribution < -0.4 is 10.1 Å². The normalized spacial score (nSPS) is 12.8. The van der Waals surface area contributed by atoms with Crippen molar-refractivity contribution in [2.75, 3.05) is 21.2 Å². The average molecular weight is 459 g/mol. The number of imidazole rings is 1. The molecule has 3 aromatic rings. The molecule has 172 valence electrons. The lowest BCUT2D eigenvalue weighted by atomic mass is 10.1. The van der Waals surface area contributed by atoms with Gasteiger partial charge in [0.05, 0.1) is 29.1 Å². The molecule has 0 aliphatic heterocycles. The molecule has 0 aliphatic carbocycles. The number of carbonyl (C=O) groups excluding carboxylic acids is 1. The fourth-order valence-corrected chi connectivity index (χ4v) is 4.64. The minimum absolute atomic E-state index is 0.0889. The van der Waals surface area contributed by atoms with Gasteiger partial charge in [-0.1, -0.05) is 18.2 Å². The first-order chi connectivity index (χ1) is 15.2. The molecule has 0 aliphatic rings. The van der Waals surface area contributed by atoms with Gasteiger partial charge in [-0.3, -0.25) is 4.79 Å². The SMILES string of the molecule is CCn1c(CCC(=O)N[C@@H](C)c2ccccc2OC)nc2cc(S(=O)(=O)N(C)C)ccc21. The fraction of sp³-hybridized carbons (Fsp3) is 0.391. The Bertz CT molecular complexity index is 1220. The number of amides is 1. The van der Waals surface area contributed by atoms with Gasteiger partial charge in [0.2, 0.25) is 15.9 Å². The number of sulfonamides is 1. The van der Waals surface area contributed by atoms with Gasteiger partial charge >= 0.3 is 0 Å². The zero-order valence-electron chi connectivity index (χ0n) is 19.1. The topological polar surface area (TPSA) is 93.5 Å². The molecular weight excluding hydrogens is 428 g/mol. The number of nitrogens with one attached hydrogen (secondary N) is 1. The number of fused-ring (bicyclic) bond motifs is 1. The van der Waals surface area contributed by atoms with Gasteiger partial charge in [0.15, 0.2) is 0 Å². The van der Waals surface area contributed by atoms with Crippen LogP contribution in [0.2, 0.25) is 0 Å². The monoisotopic (exact) mass is 458 g/mol. The van der Waals surface area contributed by atoms with Crippen LogP contribution in [0.25, 0.3) is 11.0 Å². The molecule has 0 unspecified atom stereocenters. The molecule has 0 saturated carbocycles. The summed E-state index contributed by atoms with van der Waals surface area (Å²) >= 11 is 0. The molecule has 3 rings (SSSR count). The summed E-state index contributed by atoms with van der Waals surface area (Å²) in [5, 5.41) is 3.01. The van der Waals surface area contributed by atoms with Crippen LogP contribution in [-0.4, -0.2) is 49.4 Å². The van der Waals surface area contributed by atoms with E-state index < -0.39 is 10.0 Å². The number of hydrogen-bond acceptors (Lipinski definition) is 5. The highest BCUT2D eigenvalue weighted by atomic mass is 32.2. The standard InChI is InChI=1S/C23H30N4O4S/c1-6-27-20-12-11-17(32(29,30)26(3)4)15-19(20)25-22(27)13-14-23(28)24-16(2)18-9-7-8-10-21(18)31-5/h7-12,15-16H,6,13-14H2,1-5H3,(H,24,28)/t16-/m0/s1. The maximum Gasteiger partial charge on any atom is 0.242 e. The van der Waals surface area contributed by atoms with Crippen molar-refractivity contribution in [3.63, 3.8) is 0 Å². The summed E-state index contributed by atoms with van der Waals surface area (Å²) in [6.45, 7) is 4.59. The Hall–Kier alpha value is -2.91. The number of hydrogen-bond donors (Lipinski definition) is 1. The lowest BCUT2D eigenvalue weighted by Crippen LogP contribution is -2.27. The number of carbonyl (C=O) groups is 1. The summed E-state index contributed by atoms with van der Waals surface area (Å²) in [4.78, 5) is 17.4. The minimum atomic E-state index is -3.54. The van der Waals surface area contributed by atoms with Crippen molar-refractivity contribution >= 4 is 27.0 Å². The number of benzene rings is 2. The van der Waals surface area contributed by atoms with E-state index in [0.717, 1.165) is 22.7 Å². The van der Waals surface area contributed by atoms with Gasteiger partial charge in [-0.05, 0) is 38.1 Å². The maximum absolute atomic E-state index is 12.6. The maximum atomic E-state index is 12.6. The van der Waals surface area contributed by atoms with Gasteiger partial charge in [-0.25, -0.2) is 17.7 Å². The molecule has 2 aromatic carbocycles. The molecule has 32 heavy (non-hydrogen) atoms. The third kappa shape index (κ3) is 4.78. The number of aryl methyl sites for hydroxylation is 2. The summed E-state index contributed by atoms with van der Waals surface area (Å²) in [5.41, 5.74) is 2.37. The van der Waals surface area contributed by atoms with Gasteiger partial charge in [-0.2, -0.15) is 0 Å². The van der Waals surface area contributed by atoms with E-state index in [1.807, 2.05) is 42.7 Å². The van der Waals surface area contributed by atoms with E-state index in [1.54, 1.807) is 25.3 Å². The molecule has 8 nitrogen and oxygen atoms in total. The summed E-state index contributed by atoms with van der Waals surface area (Å²) in [7, 11) is 1.07. The second-order valence-electron chi connectivity index (χ2n) is 7.74. The number of methoxy groups -OCH3 is 1. The van der Waals surface area contributed by atoms with Crippen LogP contribution >= 0.6 is 0 Å². The fourth-order valence-electron chi connectivity index (χ4n) is 3.72. The molecule has 1 heterocycles. The number of ether oxygens (including phenoxy) is 1. The van der Waals surface area contributed by atoms with E-state index in [9.17, 15) is 13.2 Å². The van der Waals surface area contributed by atoms with Crippen molar-refractivity contribution in [2.45, 2.75) is 44.2 Å². The lowest BCUT2D eigenvalue weighted by molar-refractivity contribution is -0.121. The van der Waals surface area contributed by atoms with Gasteiger partial charge in [0.1, 0.15) is 11.6 Å². The summed E-state index contributed by atoms with van der Waals surface area (Å²) in [6.07, 6.45) is 0.717. The highest BCUT2D eigenvalue weighted by Gasteiger charge is 2.20. The molecule has 1 atom stereocenters. The van der Waals surface area contributed by atoms with Crippen LogP contribution in [0.5, 0.6) is 5.75 Å². The van der Waals surface area contributed by atoms with E-state index in [4.69, 9.17) is 4.74 Å². The van der Waals surface area contributed by atoms with E-state index in [-0.39, 0.29) is 23.3 Å². The summed E-state index contributed by atoms with van der Waals surface area (Å²) in [6, 6.07) is 12.4. The lowest BCUT2D eigenvalue weighted by Gasteiger charge is -2.17. The molecule has 9 heteroatoms. The van der Waals surface area contributed by atoms with E-state index in [0.29, 0.717) is 18.5 Å². The van der Waals surface area contributed by atoms with Crippen LogP contribution in [0.15, 0.2) is 47.4 Å². The van der Waals surface area contributed by atoms with Crippen molar-refractivity contribution in [3.8, 4) is 5.75 Å². The molecule has 0 saturated heterocycles. The Morgan fingerprint density at radius 2 is 1.94 bits per heavy atom. The first kappa shape index (κ1) is 23.7. The molecular formula is C23H30N4O4S. The number of aromatic nitrogens is 2. The third-order valence-electron chi connectivity index (χ3n) is 5.45. The van der Waals surface area contributed by atoms with Crippen LogP contribution in [-0.2, 0) is 27.8 Å². The minimum Gasteiger partial charge on any atom is -0.496 e. The van der Waals surface area contributed by atoms with Gasteiger partial charge in [0, 0.05) is 39.0 Å². The molecule has 0 bridgehead atoms. The van der Waals surface area contributed by atoms with Crippen LogP contribution in [0.3, 0.4) is 0 Å². The van der Waals surface area contributed by atoms with Crippen molar-refractivity contribution in [2.24, 2.45) is 0 Å². The van der Waals surface area contributed by atoms with Crippen LogP contribution in [0, 0.1) is 0 Å². The molecule has 1 aromatic heterocycles. The van der Waals surface area contributed by atoms with Crippen molar-refractivity contribution in [1.82, 2.24) is 19.2 Å². The number of para-hydroxylation sites is 1. The predicted octanol–water partition coefficient (Wildman–Crippen LogP) is 3.13. The van der Waals surface area contributed by atoms with Crippen molar-refractivity contribution < 1.29 is 17.9 Å². The van der Waals surface area contributed by atoms with Gasteiger partial charge in [-0.15, -0.1) is 0 Å². The zero-order valence-corrected chi connectivity index (χ0v) is 19.9. The van der Waals surface area contributed by atoms with Crippen molar-refractivity contribution in [1.29, 1.82) is 0 Å². The Morgan fingerprint density at radius 1 is 1.22 bits per heavy atom. The number of rotatable bonds is 9. The molecule has 0 spiro atoms. The predicted molar refractivity (Wildman–Crippen MR) is 124 cm³/mol. The van der Waals surface area contributed by atoms with E-state index in [2.05, 4.69) is 10.3 Å². The van der Waals surface area contributed by atoms with Gasteiger partial charge < -0.3 is 14.6 Å². The molecule has 1 amide bonds. The van der Waals surface area contributed by atoms with Crippen LogP contribution in [0.4, 0.5) is 0 Å². The first-order valence-electron chi connectivity index (χ1n) is 10.5. The summed E-state index contributed by atoms with van der Waals surface area (Å²) < 4.78 is 33.5. The summed E-state index contributed by atoms with van der Waals surface area (Å²) in [5.74, 6) is 1.40. The van der Waals surface area contributed by atoms with E-state index in [1.165, 1.54) is 18.4 Å².